The van der Waals surface area contributed by atoms with Gasteiger partial charge in [0.05, 0.1) is 5.02 Å². The first-order valence-electron chi connectivity index (χ1n) is 6.57. The summed E-state index contributed by atoms with van der Waals surface area (Å²) in [6.45, 7) is 0. The molecule has 19 heavy (non-hydrogen) atoms. The lowest BCUT2D eigenvalue weighted by Gasteiger charge is -2.24. The van der Waals surface area contributed by atoms with E-state index >= 15 is 0 Å². The number of benzene rings is 1. The lowest BCUT2D eigenvalue weighted by atomic mass is 9.92. The third-order valence-corrected chi connectivity index (χ3v) is 3.97. The molecule has 1 aliphatic rings. The van der Waals surface area contributed by atoms with Crippen molar-refractivity contribution in [3.05, 3.63) is 46.7 Å². The number of aromatic nitrogens is 2. The van der Waals surface area contributed by atoms with Gasteiger partial charge in [-0.2, -0.15) is 0 Å². The topological polar surface area (TPSA) is 37.8 Å². The first-order chi connectivity index (χ1) is 9.29. The van der Waals surface area contributed by atoms with E-state index in [0.717, 1.165) is 36.3 Å². The van der Waals surface area contributed by atoms with Crippen LogP contribution in [0.4, 0.5) is 0 Å². The summed E-state index contributed by atoms with van der Waals surface area (Å²) >= 11 is 6.21. The van der Waals surface area contributed by atoms with Crippen molar-refractivity contribution in [3.8, 4) is 11.4 Å². The predicted molar refractivity (Wildman–Crippen MR) is 77.2 cm³/mol. The van der Waals surface area contributed by atoms with Gasteiger partial charge in [0.25, 0.3) is 0 Å². The Morgan fingerprint density at radius 3 is 2.95 bits per heavy atom. The van der Waals surface area contributed by atoms with Crippen LogP contribution in [0, 0.1) is 0 Å². The highest BCUT2D eigenvalue weighted by Gasteiger charge is 2.21. The molecule has 98 valence electrons. The van der Waals surface area contributed by atoms with Crippen LogP contribution in [0.2, 0.25) is 5.02 Å². The third-order valence-electron chi connectivity index (χ3n) is 3.65. The summed E-state index contributed by atoms with van der Waals surface area (Å²) in [5.74, 6) is 0.723. The van der Waals surface area contributed by atoms with E-state index in [-0.39, 0.29) is 0 Å². The van der Waals surface area contributed by atoms with Crippen LogP contribution in [0.3, 0.4) is 0 Å². The second-order valence-electron chi connectivity index (χ2n) is 4.81. The SMILES string of the molecule is CNC1CCCc2nc(-c3ccccc3Cl)ncc21. The molecule has 0 spiro atoms. The third kappa shape index (κ3) is 2.36. The normalized spacial score (nSPS) is 18.1. The molecular weight excluding hydrogens is 258 g/mol. The first-order valence-corrected chi connectivity index (χ1v) is 6.95. The molecule has 1 heterocycles. The standard InChI is InChI=1S/C15H16ClN3/c1-17-13-7-4-8-14-11(13)9-18-15(19-14)10-5-2-3-6-12(10)16/h2-3,5-6,9,13,17H,4,7-8H2,1H3. The molecule has 0 aliphatic heterocycles. The summed E-state index contributed by atoms with van der Waals surface area (Å²) in [7, 11) is 1.99. The quantitative estimate of drug-likeness (QED) is 0.911. The highest BCUT2D eigenvalue weighted by molar-refractivity contribution is 6.33. The van der Waals surface area contributed by atoms with Crippen LogP contribution in [-0.4, -0.2) is 17.0 Å². The summed E-state index contributed by atoms with van der Waals surface area (Å²) in [6, 6.07) is 8.09. The van der Waals surface area contributed by atoms with Gasteiger partial charge >= 0.3 is 0 Å². The number of hydrogen-bond acceptors (Lipinski definition) is 3. The largest absolute Gasteiger partial charge is 0.313 e. The maximum absolute atomic E-state index is 6.21. The van der Waals surface area contributed by atoms with Crippen LogP contribution in [-0.2, 0) is 6.42 Å². The average Bonchev–Trinajstić information content (AvgIpc) is 2.46. The van der Waals surface area contributed by atoms with Gasteiger partial charge in [-0.1, -0.05) is 23.7 Å². The van der Waals surface area contributed by atoms with E-state index in [9.17, 15) is 0 Å². The van der Waals surface area contributed by atoms with Crippen molar-refractivity contribution in [2.75, 3.05) is 7.05 Å². The lowest BCUT2D eigenvalue weighted by molar-refractivity contribution is 0.488. The fourth-order valence-corrected chi connectivity index (χ4v) is 2.84. The second kappa shape index (κ2) is 5.27. The van der Waals surface area contributed by atoms with Gasteiger partial charge in [-0.15, -0.1) is 0 Å². The van der Waals surface area contributed by atoms with Crippen molar-refractivity contribution in [2.45, 2.75) is 25.3 Å². The van der Waals surface area contributed by atoms with E-state index in [1.54, 1.807) is 0 Å². The molecule has 0 fully saturated rings. The molecule has 0 bridgehead atoms. The first kappa shape index (κ1) is 12.6. The molecule has 1 unspecified atom stereocenters. The summed E-state index contributed by atoms with van der Waals surface area (Å²) in [5.41, 5.74) is 3.28. The fraction of sp³-hybridized carbons (Fsp3) is 0.333. The van der Waals surface area contributed by atoms with Crippen LogP contribution >= 0.6 is 11.6 Å². The summed E-state index contributed by atoms with van der Waals surface area (Å²) in [4.78, 5) is 9.19. The van der Waals surface area contributed by atoms with Gasteiger partial charge in [0.2, 0.25) is 0 Å². The van der Waals surface area contributed by atoms with Gasteiger partial charge in [-0.05, 0) is 38.4 Å². The molecule has 1 aliphatic carbocycles. The molecule has 0 radical (unpaired) electrons. The van der Waals surface area contributed by atoms with Crippen LogP contribution in [0.15, 0.2) is 30.5 Å². The number of nitrogens with zero attached hydrogens (tertiary/aromatic N) is 2. The van der Waals surface area contributed by atoms with Gasteiger partial charge in [-0.25, -0.2) is 9.97 Å². The molecular formula is C15H16ClN3. The minimum absolute atomic E-state index is 0.379. The Hall–Kier alpha value is -1.45. The van der Waals surface area contributed by atoms with Crippen LogP contribution in [0.5, 0.6) is 0 Å². The maximum Gasteiger partial charge on any atom is 0.160 e. The highest BCUT2D eigenvalue weighted by Crippen LogP contribution is 2.30. The molecule has 0 saturated carbocycles. The van der Waals surface area contributed by atoms with E-state index < -0.39 is 0 Å². The minimum Gasteiger partial charge on any atom is -0.313 e. The predicted octanol–water partition coefficient (Wildman–Crippen LogP) is 3.39. The van der Waals surface area contributed by atoms with Gasteiger partial charge < -0.3 is 5.32 Å². The Bertz CT molecular complexity index is 598. The maximum atomic E-state index is 6.21. The zero-order valence-corrected chi connectivity index (χ0v) is 11.6. The molecule has 1 aromatic heterocycles. The van der Waals surface area contributed by atoms with Crippen LogP contribution < -0.4 is 5.32 Å². The number of halogens is 1. The monoisotopic (exact) mass is 273 g/mol. The van der Waals surface area contributed by atoms with Gasteiger partial charge in [0, 0.05) is 29.1 Å². The number of hydrogen-bond donors (Lipinski definition) is 1. The van der Waals surface area contributed by atoms with Crippen molar-refractivity contribution in [1.29, 1.82) is 0 Å². The number of aryl methyl sites for hydroxylation is 1. The molecule has 1 N–H and O–H groups in total. The Kier molecular flexibility index (Phi) is 3.49. The van der Waals surface area contributed by atoms with E-state index in [2.05, 4.69) is 10.3 Å². The zero-order valence-electron chi connectivity index (χ0n) is 10.9. The Balaban J connectivity index is 2.05. The van der Waals surface area contributed by atoms with E-state index in [4.69, 9.17) is 16.6 Å². The molecule has 3 nitrogen and oxygen atoms in total. The number of fused-ring (bicyclic) bond motifs is 1. The summed E-state index contributed by atoms with van der Waals surface area (Å²) in [6.07, 6.45) is 5.28. The van der Waals surface area contributed by atoms with Crippen molar-refractivity contribution in [3.63, 3.8) is 0 Å². The average molecular weight is 274 g/mol. The van der Waals surface area contributed by atoms with E-state index in [0.29, 0.717) is 11.1 Å². The van der Waals surface area contributed by atoms with Crippen molar-refractivity contribution in [2.24, 2.45) is 0 Å². The fourth-order valence-electron chi connectivity index (χ4n) is 2.62. The van der Waals surface area contributed by atoms with Crippen LogP contribution in [0.1, 0.15) is 30.1 Å². The van der Waals surface area contributed by atoms with Crippen molar-refractivity contribution >= 4 is 11.6 Å². The Morgan fingerprint density at radius 2 is 2.16 bits per heavy atom. The smallest absolute Gasteiger partial charge is 0.160 e. The number of rotatable bonds is 2. The molecule has 0 amide bonds. The second-order valence-corrected chi connectivity index (χ2v) is 5.22. The summed E-state index contributed by atoms with van der Waals surface area (Å²) in [5, 5.41) is 4.02. The molecule has 4 heteroatoms. The molecule has 3 rings (SSSR count). The van der Waals surface area contributed by atoms with Gasteiger partial charge in [0.1, 0.15) is 0 Å². The molecule has 1 aromatic carbocycles. The van der Waals surface area contributed by atoms with Crippen LogP contribution in [0.25, 0.3) is 11.4 Å². The number of nitrogens with one attached hydrogen (secondary N) is 1. The Labute approximate surface area is 118 Å². The Morgan fingerprint density at radius 1 is 1.32 bits per heavy atom. The zero-order chi connectivity index (χ0) is 13.2. The van der Waals surface area contributed by atoms with Crippen molar-refractivity contribution < 1.29 is 0 Å². The molecule has 2 aromatic rings. The highest BCUT2D eigenvalue weighted by atomic mass is 35.5. The van der Waals surface area contributed by atoms with Crippen molar-refractivity contribution in [1.82, 2.24) is 15.3 Å². The van der Waals surface area contributed by atoms with Gasteiger partial charge in [0.15, 0.2) is 5.82 Å². The molecule has 0 saturated heterocycles. The van der Waals surface area contributed by atoms with E-state index in [1.807, 2.05) is 37.5 Å². The van der Waals surface area contributed by atoms with E-state index in [1.165, 1.54) is 5.56 Å². The summed E-state index contributed by atoms with van der Waals surface area (Å²) < 4.78 is 0. The van der Waals surface area contributed by atoms with Gasteiger partial charge in [-0.3, -0.25) is 0 Å². The lowest BCUT2D eigenvalue weighted by Crippen LogP contribution is -2.22. The molecule has 1 atom stereocenters. The minimum atomic E-state index is 0.379.